The smallest absolute Gasteiger partial charge is 0.263 e. The molecule has 0 saturated heterocycles. The van der Waals surface area contributed by atoms with E-state index >= 15 is 0 Å². The molecule has 108 valence electrons. The molecule has 0 fully saturated rings. The number of nitrogens with zero attached hydrogens (tertiary/aromatic N) is 3. The minimum Gasteiger partial charge on any atom is -0.397 e. The molecule has 0 saturated carbocycles. The van der Waals surface area contributed by atoms with Gasteiger partial charge in [0.1, 0.15) is 11.2 Å². The SMILES string of the molecule is Cn1cnc(CNC(=O)c2sc3cccc(Br)c3c2N)n1. The van der Waals surface area contributed by atoms with E-state index in [4.69, 9.17) is 5.73 Å². The highest BCUT2D eigenvalue weighted by atomic mass is 79.9. The second-order valence-electron chi connectivity index (χ2n) is 4.47. The number of thiophene rings is 1. The van der Waals surface area contributed by atoms with Crippen molar-refractivity contribution in [2.24, 2.45) is 7.05 Å². The fraction of sp³-hybridized carbons (Fsp3) is 0.154. The number of benzene rings is 1. The molecule has 0 spiro atoms. The van der Waals surface area contributed by atoms with Crippen molar-refractivity contribution in [1.82, 2.24) is 20.1 Å². The van der Waals surface area contributed by atoms with E-state index in [-0.39, 0.29) is 12.5 Å². The maximum atomic E-state index is 12.3. The Morgan fingerprint density at radius 3 is 3.00 bits per heavy atom. The summed E-state index contributed by atoms with van der Waals surface area (Å²) in [4.78, 5) is 16.8. The number of anilines is 1. The molecule has 0 radical (unpaired) electrons. The van der Waals surface area contributed by atoms with Crippen molar-refractivity contribution in [3.63, 3.8) is 0 Å². The van der Waals surface area contributed by atoms with Gasteiger partial charge in [0, 0.05) is 21.6 Å². The highest BCUT2D eigenvalue weighted by Crippen LogP contribution is 2.38. The van der Waals surface area contributed by atoms with Gasteiger partial charge in [-0.15, -0.1) is 11.3 Å². The van der Waals surface area contributed by atoms with Crippen molar-refractivity contribution in [2.75, 3.05) is 5.73 Å². The summed E-state index contributed by atoms with van der Waals surface area (Å²) >= 11 is 4.83. The van der Waals surface area contributed by atoms with Crippen LogP contribution in [0.15, 0.2) is 29.0 Å². The summed E-state index contributed by atoms with van der Waals surface area (Å²) in [6.07, 6.45) is 1.59. The first kappa shape index (κ1) is 14.0. The number of rotatable bonds is 3. The van der Waals surface area contributed by atoms with Gasteiger partial charge >= 0.3 is 0 Å². The molecular formula is C13H12BrN5OS. The van der Waals surface area contributed by atoms with Crippen molar-refractivity contribution >= 4 is 48.9 Å². The summed E-state index contributed by atoms with van der Waals surface area (Å²) in [6, 6.07) is 5.77. The number of nitrogens with two attached hydrogens (primary N) is 1. The topological polar surface area (TPSA) is 85.8 Å². The Labute approximate surface area is 133 Å². The van der Waals surface area contributed by atoms with E-state index in [1.807, 2.05) is 18.2 Å². The van der Waals surface area contributed by atoms with Crippen LogP contribution in [0.4, 0.5) is 5.69 Å². The molecule has 1 aromatic carbocycles. The predicted molar refractivity (Wildman–Crippen MR) is 86.1 cm³/mol. The van der Waals surface area contributed by atoms with Gasteiger partial charge in [0.25, 0.3) is 5.91 Å². The lowest BCUT2D eigenvalue weighted by Crippen LogP contribution is -2.23. The molecule has 3 rings (SSSR count). The second kappa shape index (κ2) is 5.45. The molecule has 2 aromatic heterocycles. The molecule has 21 heavy (non-hydrogen) atoms. The first-order valence-electron chi connectivity index (χ1n) is 6.15. The Balaban J connectivity index is 1.84. The van der Waals surface area contributed by atoms with Gasteiger partial charge in [-0.25, -0.2) is 4.98 Å². The molecule has 0 aliphatic carbocycles. The van der Waals surface area contributed by atoms with Gasteiger partial charge < -0.3 is 11.1 Å². The van der Waals surface area contributed by atoms with E-state index in [0.717, 1.165) is 14.6 Å². The zero-order valence-corrected chi connectivity index (χ0v) is 13.5. The van der Waals surface area contributed by atoms with Crippen molar-refractivity contribution in [3.8, 4) is 0 Å². The average Bonchev–Trinajstić information content (AvgIpc) is 3.01. The van der Waals surface area contributed by atoms with Crippen LogP contribution >= 0.6 is 27.3 Å². The van der Waals surface area contributed by atoms with Gasteiger partial charge in [-0.2, -0.15) is 5.10 Å². The Kier molecular flexibility index (Phi) is 3.64. The zero-order valence-electron chi connectivity index (χ0n) is 11.1. The zero-order chi connectivity index (χ0) is 15.0. The van der Waals surface area contributed by atoms with E-state index < -0.39 is 0 Å². The third kappa shape index (κ3) is 2.64. The molecular weight excluding hydrogens is 354 g/mol. The van der Waals surface area contributed by atoms with Gasteiger partial charge in [0.2, 0.25) is 0 Å². The molecule has 2 heterocycles. The summed E-state index contributed by atoms with van der Waals surface area (Å²) in [5.41, 5.74) is 6.59. The third-order valence-electron chi connectivity index (χ3n) is 2.96. The molecule has 3 N–H and O–H groups in total. The van der Waals surface area contributed by atoms with Crippen LogP contribution < -0.4 is 11.1 Å². The minimum absolute atomic E-state index is 0.215. The van der Waals surface area contributed by atoms with Crippen LogP contribution in [0.25, 0.3) is 10.1 Å². The number of aryl methyl sites for hydroxylation is 1. The van der Waals surface area contributed by atoms with Crippen LogP contribution in [0.3, 0.4) is 0 Å². The Hall–Kier alpha value is -1.93. The van der Waals surface area contributed by atoms with Crippen LogP contribution in [-0.2, 0) is 13.6 Å². The number of nitrogens with one attached hydrogen (secondary N) is 1. The van der Waals surface area contributed by atoms with E-state index in [9.17, 15) is 4.79 Å². The monoisotopic (exact) mass is 365 g/mol. The summed E-state index contributed by atoms with van der Waals surface area (Å²) in [7, 11) is 1.78. The molecule has 1 amide bonds. The molecule has 0 bridgehead atoms. The van der Waals surface area contributed by atoms with Crippen molar-refractivity contribution in [2.45, 2.75) is 6.54 Å². The molecule has 0 aliphatic rings. The van der Waals surface area contributed by atoms with Crippen molar-refractivity contribution in [1.29, 1.82) is 0 Å². The van der Waals surface area contributed by atoms with Crippen LogP contribution in [-0.4, -0.2) is 20.7 Å². The molecule has 6 nitrogen and oxygen atoms in total. The Morgan fingerprint density at radius 2 is 2.33 bits per heavy atom. The second-order valence-corrected chi connectivity index (χ2v) is 6.38. The molecule has 8 heteroatoms. The van der Waals surface area contributed by atoms with Gasteiger partial charge in [0.15, 0.2) is 5.82 Å². The lowest BCUT2D eigenvalue weighted by molar-refractivity contribution is 0.0955. The molecule has 0 unspecified atom stereocenters. The number of fused-ring (bicyclic) bond motifs is 1. The van der Waals surface area contributed by atoms with Gasteiger partial charge in [0.05, 0.1) is 12.2 Å². The molecule has 0 aliphatic heterocycles. The number of hydrogen-bond donors (Lipinski definition) is 2. The van der Waals surface area contributed by atoms with Crippen LogP contribution in [0, 0.1) is 0 Å². The van der Waals surface area contributed by atoms with E-state index in [1.54, 1.807) is 18.1 Å². The number of hydrogen-bond acceptors (Lipinski definition) is 5. The quantitative estimate of drug-likeness (QED) is 0.745. The van der Waals surface area contributed by atoms with Crippen molar-refractivity contribution < 1.29 is 4.79 Å². The predicted octanol–water partition coefficient (Wildman–Crippen LogP) is 2.30. The normalized spacial score (nSPS) is 11.0. The Morgan fingerprint density at radius 1 is 1.52 bits per heavy atom. The highest BCUT2D eigenvalue weighted by Gasteiger charge is 2.18. The largest absolute Gasteiger partial charge is 0.397 e. The third-order valence-corrected chi connectivity index (χ3v) is 4.79. The number of aromatic nitrogens is 3. The lowest BCUT2D eigenvalue weighted by atomic mass is 10.2. The fourth-order valence-corrected chi connectivity index (χ4v) is 3.78. The highest BCUT2D eigenvalue weighted by molar-refractivity contribution is 9.10. The molecule has 0 atom stereocenters. The number of amides is 1. The first-order chi connectivity index (χ1) is 10.1. The summed E-state index contributed by atoms with van der Waals surface area (Å²) in [5, 5.41) is 7.78. The minimum atomic E-state index is -0.215. The van der Waals surface area contributed by atoms with E-state index in [1.165, 1.54) is 11.3 Å². The lowest BCUT2D eigenvalue weighted by Gasteiger charge is -2.01. The maximum absolute atomic E-state index is 12.3. The van der Waals surface area contributed by atoms with Crippen LogP contribution in [0.5, 0.6) is 0 Å². The van der Waals surface area contributed by atoms with Crippen molar-refractivity contribution in [3.05, 3.63) is 39.7 Å². The molecule has 3 aromatic rings. The summed E-state index contributed by atoms with van der Waals surface area (Å²) in [5.74, 6) is 0.347. The summed E-state index contributed by atoms with van der Waals surface area (Å²) < 4.78 is 3.45. The first-order valence-corrected chi connectivity index (χ1v) is 7.76. The maximum Gasteiger partial charge on any atom is 0.263 e. The van der Waals surface area contributed by atoms with Gasteiger partial charge in [-0.05, 0) is 12.1 Å². The fourth-order valence-electron chi connectivity index (χ4n) is 2.00. The van der Waals surface area contributed by atoms with Gasteiger partial charge in [-0.1, -0.05) is 22.0 Å². The average molecular weight is 366 g/mol. The van der Waals surface area contributed by atoms with Gasteiger partial charge in [-0.3, -0.25) is 9.48 Å². The van der Waals surface area contributed by atoms with E-state index in [2.05, 4.69) is 31.3 Å². The number of nitrogen functional groups attached to an aromatic ring is 1. The number of halogens is 1. The van der Waals surface area contributed by atoms with Crippen LogP contribution in [0.1, 0.15) is 15.5 Å². The standard InChI is InChI=1S/C13H12BrN5OS/c1-19-6-17-9(18-19)5-16-13(20)12-11(15)10-7(14)3-2-4-8(10)21-12/h2-4,6H,5,15H2,1H3,(H,16,20). The summed E-state index contributed by atoms with van der Waals surface area (Å²) in [6.45, 7) is 0.272. The number of carbonyl (C=O) groups excluding carboxylic acids is 1. The van der Waals surface area contributed by atoms with Crippen LogP contribution in [0.2, 0.25) is 0 Å². The van der Waals surface area contributed by atoms with E-state index in [0.29, 0.717) is 16.4 Å². The Bertz CT molecular complexity index is 825. The number of carbonyl (C=O) groups is 1.